The van der Waals surface area contributed by atoms with Crippen molar-refractivity contribution in [3.8, 4) is 0 Å². The molecule has 78 valence electrons. The van der Waals surface area contributed by atoms with Gasteiger partial charge in [0.15, 0.2) is 5.69 Å². The molecule has 1 fully saturated rings. The summed E-state index contributed by atoms with van der Waals surface area (Å²) in [6, 6.07) is 7.92. The Morgan fingerprint density at radius 3 is 2.33 bits per heavy atom. The first-order valence-electron chi connectivity index (χ1n) is 5.52. The van der Waals surface area contributed by atoms with Crippen LogP contribution in [0.3, 0.4) is 0 Å². The van der Waals surface area contributed by atoms with Crippen molar-refractivity contribution in [2.24, 2.45) is 5.92 Å². The fourth-order valence-corrected chi connectivity index (χ4v) is 2.00. The molecule has 0 bridgehead atoms. The molecule has 0 amide bonds. The van der Waals surface area contributed by atoms with Gasteiger partial charge >= 0.3 is 0 Å². The lowest BCUT2D eigenvalue weighted by atomic mass is 9.99. The van der Waals surface area contributed by atoms with Crippen LogP contribution < -0.4 is 4.90 Å². The predicted molar refractivity (Wildman–Crippen MR) is 63.3 cm³/mol. The topological polar surface area (TPSA) is 7.60 Å². The van der Waals surface area contributed by atoms with E-state index in [0.29, 0.717) is 0 Å². The summed E-state index contributed by atoms with van der Waals surface area (Å²) in [5.41, 5.74) is 1.98. The van der Waals surface area contributed by atoms with E-state index in [2.05, 4.69) is 28.8 Å². The standard InChI is InChI=1S/C13H16N2/c1-11-7-9-15(10-8-11)13-5-3-12(14-2)4-6-13/h3-6,11H,7-10H2,1H3. The van der Waals surface area contributed by atoms with E-state index in [1.807, 2.05) is 12.1 Å². The molecule has 1 aliphatic rings. The first kappa shape index (κ1) is 10.0. The monoisotopic (exact) mass is 200 g/mol. The Hall–Kier alpha value is -1.49. The van der Waals surface area contributed by atoms with Crippen LogP contribution in [0, 0.1) is 12.5 Å². The molecule has 0 unspecified atom stereocenters. The molecule has 0 aromatic heterocycles. The third-order valence-corrected chi connectivity index (χ3v) is 3.13. The van der Waals surface area contributed by atoms with Gasteiger partial charge in [0.2, 0.25) is 0 Å². The molecule has 1 aromatic rings. The lowest BCUT2D eigenvalue weighted by Gasteiger charge is -2.32. The van der Waals surface area contributed by atoms with Crippen LogP contribution in [0.25, 0.3) is 4.85 Å². The highest BCUT2D eigenvalue weighted by Gasteiger charge is 2.15. The van der Waals surface area contributed by atoms with Crippen LogP contribution in [-0.2, 0) is 0 Å². The van der Waals surface area contributed by atoms with Gasteiger partial charge in [-0.3, -0.25) is 0 Å². The summed E-state index contributed by atoms with van der Waals surface area (Å²) >= 11 is 0. The van der Waals surface area contributed by atoms with Gasteiger partial charge < -0.3 is 4.90 Å². The highest BCUT2D eigenvalue weighted by Crippen LogP contribution is 2.24. The second kappa shape index (κ2) is 4.35. The van der Waals surface area contributed by atoms with Gasteiger partial charge in [-0.25, -0.2) is 4.85 Å². The van der Waals surface area contributed by atoms with Gasteiger partial charge in [0, 0.05) is 18.8 Å². The quantitative estimate of drug-likeness (QED) is 0.630. The van der Waals surface area contributed by atoms with E-state index in [9.17, 15) is 0 Å². The zero-order valence-corrected chi connectivity index (χ0v) is 9.11. The maximum atomic E-state index is 6.90. The van der Waals surface area contributed by atoms with E-state index >= 15 is 0 Å². The Balaban J connectivity index is 2.07. The third kappa shape index (κ3) is 2.30. The number of hydrogen-bond donors (Lipinski definition) is 0. The normalized spacial score (nSPS) is 17.5. The van der Waals surface area contributed by atoms with Crippen molar-refractivity contribution in [2.45, 2.75) is 19.8 Å². The summed E-state index contributed by atoms with van der Waals surface area (Å²) in [4.78, 5) is 5.81. The van der Waals surface area contributed by atoms with E-state index in [-0.39, 0.29) is 0 Å². The average Bonchev–Trinajstić information content (AvgIpc) is 2.30. The Bertz CT molecular complexity index is 353. The van der Waals surface area contributed by atoms with Gasteiger partial charge in [0.25, 0.3) is 0 Å². The van der Waals surface area contributed by atoms with Crippen LogP contribution >= 0.6 is 0 Å². The molecule has 0 atom stereocenters. The van der Waals surface area contributed by atoms with Gasteiger partial charge in [-0.05, 0) is 30.9 Å². The molecule has 2 rings (SSSR count). The maximum absolute atomic E-state index is 6.90. The van der Waals surface area contributed by atoms with E-state index < -0.39 is 0 Å². The van der Waals surface area contributed by atoms with E-state index in [1.54, 1.807) is 0 Å². The van der Waals surface area contributed by atoms with Crippen molar-refractivity contribution in [3.63, 3.8) is 0 Å². The number of hydrogen-bond acceptors (Lipinski definition) is 1. The molecule has 0 radical (unpaired) electrons. The molecule has 2 heteroatoms. The lowest BCUT2D eigenvalue weighted by molar-refractivity contribution is 0.438. The van der Waals surface area contributed by atoms with Gasteiger partial charge in [0.1, 0.15) is 0 Å². The molecular weight excluding hydrogens is 184 g/mol. The van der Waals surface area contributed by atoms with Crippen molar-refractivity contribution in [1.29, 1.82) is 0 Å². The number of rotatable bonds is 1. The number of piperidine rings is 1. The number of nitrogens with zero attached hydrogens (tertiary/aromatic N) is 2. The minimum absolute atomic E-state index is 0.726. The molecule has 1 aliphatic heterocycles. The maximum Gasteiger partial charge on any atom is 0.187 e. The van der Waals surface area contributed by atoms with Gasteiger partial charge in [-0.1, -0.05) is 19.1 Å². The first-order valence-corrected chi connectivity index (χ1v) is 5.52. The second-order valence-electron chi connectivity index (χ2n) is 4.30. The average molecular weight is 200 g/mol. The Labute approximate surface area is 91.3 Å². The molecule has 0 N–H and O–H groups in total. The summed E-state index contributed by atoms with van der Waals surface area (Å²) < 4.78 is 0. The molecule has 0 saturated carbocycles. The smallest absolute Gasteiger partial charge is 0.187 e. The zero-order chi connectivity index (χ0) is 10.7. The van der Waals surface area contributed by atoms with Crippen molar-refractivity contribution in [2.75, 3.05) is 18.0 Å². The van der Waals surface area contributed by atoms with Crippen molar-refractivity contribution >= 4 is 11.4 Å². The SMILES string of the molecule is [C-]#[N+]c1ccc(N2CCC(C)CC2)cc1. The summed E-state index contributed by atoms with van der Waals surface area (Å²) in [5.74, 6) is 0.865. The zero-order valence-electron chi connectivity index (χ0n) is 9.11. The molecule has 1 aromatic carbocycles. The summed E-state index contributed by atoms with van der Waals surface area (Å²) in [6.45, 7) is 11.5. The molecular formula is C13H16N2. The minimum atomic E-state index is 0.726. The molecule has 1 heterocycles. The first-order chi connectivity index (χ1) is 7.29. The van der Waals surface area contributed by atoms with Crippen LogP contribution in [-0.4, -0.2) is 13.1 Å². The Kier molecular flexibility index (Phi) is 2.91. The lowest BCUT2D eigenvalue weighted by Crippen LogP contribution is -2.32. The molecule has 2 nitrogen and oxygen atoms in total. The fourth-order valence-electron chi connectivity index (χ4n) is 2.00. The molecule has 15 heavy (non-hydrogen) atoms. The van der Waals surface area contributed by atoms with Gasteiger partial charge in [0.05, 0.1) is 6.57 Å². The molecule has 1 saturated heterocycles. The highest BCUT2D eigenvalue weighted by molar-refractivity contribution is 5.55. The number of benzene rings is 1. The highest BCUT2D eigenvalue weighted by atomic mass is 15.1. The van der Waals surface area contributed by atoms with E-state index in [0.717, 1.165) is 24.7 Å². The Morgan fingerprint density at radius 2 is 1.80 bits per heavy atom. The van der Waals surface area contributed by atoms with Crippen LogP contribution in [0.2, 0.25) is 0 Å². The number of anilines is 1. The van der Waals surface area contributed by atoms with E-state index in [1.165, 1.54) is 18.5 Å². The summed E-state index contributed by atoms with van der Waals surface area (Å²) in [7, 11) is 0. The molecule has 0 spiro atoms. The fraction of sp³-hybridized carbons (Fsp3) is 0.462. The summed E-state index contributed by atoms with van der Waals surface area (Å²) in [5, 5.41) is 0. The van der Waals surface area contributed by atoms with Crippen LogP contribution in [0.1, 0.15) is 19.8 Å². The second-order valence-corrected chi connectivity index (χ2v) is 4.30. The van der Waals surface area contributed by atoms with Crippen LogP contribution in [0.5, 0.6) is 0 Å². The minimum Gasteiger partial charge on any atom is -0.372 e. The predicted octanol–water partition coefficient (Wildman–Crippen LogP) is 3.47. The van der Waals surface area contributed by atoms with Crippen LogP contribution in [0.15, 0.2) is 24.3 Å². The van der Waals surface area contributed by atoms with Crippen molar-refractivity contribution in [3.05, 3.63) is 35.7 Å². The molecule has 0 aliphatic carbocycles. The largest absolute Gasteiger partial charge is 0.372 e. The summed E-state index contributed by atoms with van der Waals surface area (Å²) in [6.07, 6.45) is 2.56. The van der Waals surface area contributed by atoms with Crippen molar-refractivity contribution in [1.82, 2.24) is 0 Å². The van der Waals surface area contributed by atoms with Crippen LogP contribution in [0.4, 0.5) is 11.4 Å². The van der Waals surface area contributed by atoms with E-state index in [4.69, 9.17) is 6.57 Å². The van der Waals surface area contributed by atoms with Gasteiger partial charge in [-0.15, -0.1) is 0 Å². The third-order valence-electron chi connectivity index (χ3n) is 3.13. The van der Waals surface area contributed by atoms with Gasteiger partial charge in [-0.2, -0.15) is 0 Å². The van der Waals surface area contributed by atoms with Crippen molar-refractivity contribution < 1.29 is 0 Å². The Morgan fingerprint density at radius 1 is 1.20 bits per heavy atom.